The summed E-state index contributed by atoms with van der Waals surface area (Å²) in [4.78, 5) is 11.5. The van der Waals surface area contributed by atoms with E-state index in [1.165, 1.54) is 12.8 Å². The summed E-state index contributed by atoms with van der Waals surface area (Å²) < 4.78 is 5.44. The van der Waals surface area contributed by atoms with Gasteiger partial charge in [0, 0.05) is 13.2 Å². The molecule has 1 atom stereocenters. The number of hydrogen-bond donors (Lipinski definition) is 2. The van der Waals surface area contributed by atoms with E-state index in [9.17, 15) is 4.79 Å². The summed E-state index contributed by atoms with van der Waals surface area (Å²) in [5, 5.41) is 6.06. The molecule has 1 aliphatic heterocycles. The first-order valence-electron chi connectivity index (χ1n) is 5.95. The van der Waals surface area contributed by atoms with Crippen molar-refractivity contribution in [3.63, 3.8) is 0 Å². The molecule has 1 amide bonds. The van der Waals surface area contributed by atoms with Gasteiger partial charge in [-0.3, -0.25) is 4.79 Å². The Morgan fingerprint density at radius 2 is 2.19 bits per heavy atom. The molecule has 0 unspecified atom stereocenters. The third-order valence-corrected chi connectivity index (χ3v) is 2.97. The zero-order chi connectivity index (χ0) is 10.5. The second-order valence-electron chi connectivity index (χ2n) is 4.46. The molecule has 2 rings (SSSR count). The van der Waals surface area contributed by atoms with Gasteiger partial charge in [-0.25, -0.2) is 0 Å². The van der Waals surface area contributed by atoms with E-state index in [1.807, 2.05) is 0 Å². The molecule has 0 aromatic rings. The summed E-state index contributed by atoms with van der Waals surface area (Å²) in [6.45, 7) is 3.13. The maximum atomic E-state index is 11.5. The topological polar surface area (TPSA) is 50.4 Å². The fraction of sp³-hybridized carbons (Fsp3) is 0.909. The van der Waals surface area contributed by atoms with Crippen molar-refractivity contribution in [1.82, 2.24) is 10.6 Å². The summed E-state index contributed by atoms with van der Waals surface area (Å²) in [5.41, 5.74) is 0. The molecule has 0 aromatic heterocycles. The molecule has 0 spiro atoms. The summed E-state index contributed by atoms with van der Waals surface area (Å²) in [5.74, 6) is 0.930. The van der Waals surface area contributed by atoms with E-state index in [0.717, 1.165) is 31.9 Å². The minimum absolute atomic E-state index is 0. The van der Waals surface area contributed by atoms with Crippen LogP contribution in [-0.2, 0) is 9.53 Å². The lowest BCUT2D eigenvalue weighted by Gasteiger charge is -2.10. The molecule has 1 heterocycles. The Bertz CT molecular complexity index is 216. The number of carbonyl (C=O) groups excluding carboxylic acids is 1. The van der Waals surface area contributed by atoms with Crippen LogP contribution in [0, 0.1) is 5.92 Å². The molecular weight excluding hydrogens is 228 g/mol. The molecule has 16 heavy (non-hydrogen) atoms. The van der Waals surface area contributed by atoms with Crippen molar-refractivity contribution in [2.45, 2.75) is 31.7 Å². The molecule has 1 saturated carbocycles. The van der Waals surface area contributed by atoms with Gasteiger partial charge in [-0.1, -0.05) is 0 Å². The van der Waals surface area contributed by atoms with Crippen LogP contribution in [0.1, 0.15) is 25.7 Å². The van der Waals surface area contributed by atoms with E-state index in [0.29, 0.717) is 13.2 Å². The van der Waals surface area contributed by atoms with Gasteiger partial charge in [-0.05, 0) is 38.1 Å². The number of carbonyl (C=O) groups is 1. The SMILES string of the molecule is Cl.O=C(NCCOCC1CC1)[C@@H]1CCCN1. The highest BCUT2D eigenvalue weighted by Crippen LogP contribution is 2.28. The third kappa shape index (κ3) is 4.68. The van der Waals surface area contributed by atoms with Crippen LogP contribution in [0.2, 0.25) is 0 Å². The Kier molecular flexibility index (Phi) is 6.09. The first-order valence-corrected chi connectivity index (χ1v) is 5.95. The van der Waals surface area contributed by atoms with Crippen molar-refractivity contribution in [3.05, 3.63) is 0 Å². The highest BCUT2D eigenvalue weighted by Gasteiger charge is 2.22. The Labute approximate surface area is 103 Å². The smallest absolute Gasteiger partial charge is 0.237 e. The zero-order valence-corrected chi connectivity index (χ0v) is 10.4. The van der Waals surface area contributed by atoms with Gasteiger partial charge in [-0.2, -0.15) is 0 Å². The minimum atomic E-state index is 0. The molecule has 0 aromatic carbocycles. The first-order chi connectivity index (χ1) is 7.36. The summed E-state index contributed by atoms with van der Waals surface area (Å²) >= 11 is 0. The van der Waals surface area contributed by atoms with Crippen LogP contribution >= 0.6 is 12.4 Å². The van der Waals surface area contributed by atoms with Crippen LogP contribution in [0.25, 0.3) is 0 Å². The quantitative estimate of drug-likeness (QED) is 0.681. The van der Waals surface area contributed by atoms with Crippen molar-refractivity contribution in [2.75, 3.05) is 26.3 Å². The van der Waals surface area contributed by atoms with Gasteiger partial charge in [0.05, 0.1) is 12.6 Å². The molecule has 5 heteroatoms. The van der Waals surface area contributed by atoms with E-state index < -0.39 is 0 Å². The van der Waals surface area contributed by atoms with Crippen molar-refractivity contribution in [2.24, 2.45) is 5.92 Å². The number of nitrogens with one attached hydrogen (secondary N) is 2. The average molecular weight is 249 g/mol. The molecule has 1 saturated heterocycles. The molecule has 2 aliphatic rings. The summed E-state index contributed by atoms with van der Waals surface area (Å²) in [7, 11) is 0. The molecular formula is C11H21ClN2O2. The van der Waals surface area contributed by atoms with E-state index in [1.54, 1.807) is 0 Å². The van der Waals surface area contributed by atoms with E-state index in [2.05, 4.69) is 10.6 Å². The van der Waals surface area contributed by atoms with E-state index in [-0.39, 0.29) is 24.4 Å². The summed E-state index contributed by atoms with van der Waals surface area (Å²) in [6, 6.07) is 0.0356. The second kappa shape index (κ2) is 7.09. The normalized spacial score (nSPS) is 23.9. The van der Waals surface area contributed by atoms with Crippen LogP contribution < -0.4 is 10.6 Å². The number of ether oxygens (including phenoxy) is 1. The molecule has 0 radical (unpaired) electrons. The zero-order valence-electron chi connectivity index (χ0n) is 9.54. The fourth-order valence-corrected chi connectivity index (χ4v) is 1.81. The van der Waals surface area contributed by atoms with Crippen molar-refractivity contribution in [3.8, 4) is 0 Å². The van der Waals surface area contributed by atoms with Gasteiger partial charge in [0.25, 0.3) is 0 Å². The monoisotopic (exact) mass is 248 g/mol. The molecule has 2 N–H and O–H groups in total. The van der Waals surface area contributed by atoms with Crippen molar-refractivity contribution >= 4 is 18.3 Å². The maximum absolute atomic E-state index is 11.5. The van der Waals surface area contributed by atoms with Gasteiger partial charge in [0.2, 0.25) is 5.91 Å². The molecule has 0 bridgehead atoms. The Balaban J connectivity index is 0.00000128. The van der Waals surface area contributed by atoms with E-state index >= 15 is 0 Å². The van der Waals surface area contributed by atoms with E-state index in [4.69, 9.17) is 4.74 Å². The van der Waals surface area contributed by atoms with Crippen molar-refractivity contribution in [1.29, 1.82) is 0 Å². The maximum Gasteiger partial charge on any atom is 0.237 e. The van der Waals surface area contributed by atoms with Crippen LogP contribution in [-0.4, -0.2) is 38.3 Å². The molecule has 94 valence electrons. The highest BCUT2D eigenvalue weighted by molar-refractivity contribution is 5.85. The fourth-order valence-electron chi connectivity index (χ4n) is 1.81. The molecule has 1 aliphatic carbocycles. The number of hydrogen-bond acceptors (Lipinski definition) is 3. The van der Waals surface area contributed by atoms with Gasteiger partial charge in [0.15, 0.2) is 0 Å². The molecule has 2 fully saturated rings. The Morgan fingerprint density at radius 1 is 1.38 bits per heavy atom. The van der Waals surface area contributed by atoms with Crippen LogP contribution in [0.5, 0.6) is 0 Å². The van der Waals surface area contributed by atoms with Crippen LogP contribution in [0.3, 0.4) is 0 Å². The lowest BCUT2D eigenvalue weighted by Crippen LogP contribution is -2.41. The predicted octanol–water partition coefficient (Wildman–Crippen LogP) is 0.703. The van der Waals surface area contributed by atoms with Crippen LogP contribution in [0.4, 0.5) is 0 Å². The third-order valence-electron chi connectivity index (χ3n) is 2.97. The van der Waals surface area contributed by atoms with Gasteiger partial charge in [0.1, 0.15) is 0 Å². The Hall–Kier alpha value is -0.320. The predicted molar refractivity (Wildman–Crippen MR) is 64.8 cm³/mol. The first kappa shape index (κ1) is 13.7. The van der Waals surface area contributed by atoms with Crippen LogP contribution in [0.15, 0.2) is 0 Å². The van der Waals surface area contributed by atoms with Gasteiger partial charge >= 0.3 is 0 Å². The van der Waals surface area contributed by atoms with Crippen molar-refractivity contribution < 1.29 is 9.53 Å². The standard InChI is InChI=1S/C11H20N2O2.ClH/c14-11(10-2-1-5-12-10)13-6-7-15-8-9-3-4-9;/h9-10,12H,1-8H2,(H,13,14);1H/t10-;/m0./s1. The highest BCUT2D eigenvalue weighted by atomic mass is 35.5. The minimum Gasteiger partial charge on any atom is -0.379 e. The number of amides is 1. The summed E-state index contributed by atoms with van der Waals surface area (Å²) in [6.07, 6.45) is 4.71. The largest absolute Gasteiger partial charge is 0.379 e. The van der Waals surface area contributed by atoms with Gasteiger partial charge < -0.3 is 15.4 Å². The number of rotatable bonds is 6. The second-order valence-corrected chi connectivity index (χ2v) is 4.46. The van der Waals surface area contributed by atoms with Gasteiger partial charge in [-0.15, -0.1) is 12.4 Å². The average Bonchev–Trinajstić information content (AvgIpc) is 2.90. The number of halogens is 1. The Morgan fingerprint density at radius 3 is 2.81 bits per heavy atom. The lowest BCUT2D eigenvalue weighted by atomic mass is 10.2. The lowest BCUT2D eigenvalue weighted by molar-refractivity contribution is -0.123. The molecule has 4 nitrogen and oxygen atoms in total.